The molecular formula is C19H25F3O3Si. The molecule has 0 atom stereocenters. The number of fused-ring (bicyclic) bond motifs is 1. The van der Waals surface area contributed by atoms with Crippen molar-refractivity contribution < 1.29 is 22.0 Å². The Morgan fingerprint density at radius 2 is 1.50 bits per heavy atom. The van der Waals surface area contributed by atoms with Gasteiger partial charge < -0.3 is 8.84 Å². The van der Waals surface area contributed by atoms with Crippen LogP contribution in [0.25, 0.3) is 11.0 Å². The average Bonchev–Trinajstić information content (AvgIpc) is 2.49. The Labute approximate surface area is 152 Å². The molecule has 3 nitrogen and oxygen atoms in total. The molecule has 0 radical (unpaired) electrons. The summed E-state index contributed by atoms with van der Waals surface area (Å²) in [7, 11) is -2.26. The maximum atomic E-state index is 13.2. The summed E-state index contributed by atoms with van der Waals surface area (Å²) in [5, 5.41) is -0.143. The van der Waals surface area contributed by atoms with Crippen molar-refractivity contribution in [2.45, 2.75) is 64.3 Å². The lowest BCUT2D eigenvalue weighted by Crippen LogP contribution is -2.50. The molecule has 0 fully saturated rings. The molecule has 2 rings (SSSR count). The predicted octanol–water partition coefficient (Wildman–Crippen LogP) is 6.37. The molecule has 0 amide bonds. The summed E-state index contributed by atoms with van der Waals surface area (Å²) in [4.78, 5) is 11.6. The van der Waals surface area contributed by atoms with E-state index in [0.29, 0.717) is 28.4 Å². The normalized spacial score (nSPS) is 13.2. The van der Waals surface area contributed by atoms with Gasteiger partial charge >= 0.3 is 11.8 Å². The first kappa shape index (κ1) is 20.5. The van der Waals surface area contributed by atoms with Crippen molar-refractivity contribution in [3.63, 3.8) is 0 Å². The molecule has 0 unspecified atom stereocenters. The third kappa shape index (κ3) is 3.68. The minimum absolute atomic E-state index is 0.110. The number of hydrogen-bond acceptors (Lipinski definition) is 3. The van der Waals surface area contributed by atoms with Gasteiger partial charge in [-0.1, -0.05) is 41.5 Å². The van der Waals surface area contributed by atoms with E-state index in [1.54, 1.807) is 0 Å². The molecule has 144 valence electrons. The van der Waals surface area contributed by atoms with E-state index >= 15 is 0 Å². The van der Waals surface area contributed by atoms with Gasteiger partial charge in [0.05, 0.1) is 5.56 Å². The number of rotatable bonds is 5. The SMILES string of the molecule is CC(C)[Si](Oc1ccc2c(C(F)(F)F)cc(=O)oc2c1)(C(C)C)C(C)C. The van der Waals surface area contributed by atoms with Gasteiger partial charge in [-0.3, -0.25) is 0 Å². The van der Waals surface area contributed by atoms with Crippen LogP contribution in [0.5, 0.6) is 5.75 Å². The zero-order chi connectivity index (χ0) is 19.9. The van der Waals surface area contributed by atoms with Gasteiger partial charge in [-0.25, -0.2) is 4.79 Å². The van der Waals surface area contributed by atoms with Crippen LogP contribution in [-0.4, -0.2) is 8.32 Å². The van der Waals surface area contributed by atoms with E-state index in [4.69, 9.17) is 8.84 Å². The minimum Gasteiger partial charge on any atom is -0.543 e. The zero-order valence-corrected chi connectivity index (χ0v) is 16.9. The van der Waals surface area contributed by atoms with E-state index in [0.717, 1.165) is 0 Å². The van der Waals surface area contributed by atoms with Gasteiger partial charge in [0.1, 0.15) is 11.3 Å². The molecule has 0 aliphatic rings. The number of hydrogen-bond donors (Lipinski definition) is 0. The van der Waals surface area contributed by atoms with Gasteiger partial charge in [-0.05, 0) is 28.8 Å². The molecule has 1 aromatic carbocycles. The Bertz CT molecular complexity index is 816. The van der Waals surface area contributed by atoms with Gasteiger partial charge in [-0.2, -0.15) is 13.2 Å². The highest BCUT2D eigenvalue weighted by Crippen LogP contribution is 2.43. The van der Waals surface area contributed by atoms with Crippen LogP contribution in [0.3, 0.4) is 0 Å². The molecule has 0 aliphatic heterocycles. The lowest BCUT2D eigenvalue weighted by Gasteiger charge is -2.42. The van der Waals surface area contributed by atoms with Crippen LogP contribution in [0.1, 0.15) is 47.1 Å². The maximum Gasteiger partial charge on any atom is 0.417 e. The van der Waals surface area contributed by atoms with Crippen LogP contribution in [0.15, 0.2) is 33.5 Å². The van der Waals surface area contributed by atoms with Gasteiger partial charge in [0.15, 0.2) is 0 Å². The number of alkyl halides is 3. The number of halogens is 3. The van der Waals surface area contributed by atoms with Crippen molar-refractivity contribution in [2.24, 2.45) is 0 Å². The maximum absolute atomic E-state index is 13.2. The van der Waals surface area contributed by atoms with Crippen LogP contribution in [0.4, 0.5) is 13.2 Å². The molecule has 7 heteroatoms. The highest BCUT2D eigenvalue weighted by atomic mass is 28.4. The van der Waals surface area contributed by atoms with Gasteiger partial charge in [0.25, 0.3) is 8.32 Å². The van der Waals surface area contributed by atoms with E-state index in [-0.39, 0.29) is 11.0 Å². The summed E-state index contributed by atoms with van der Waals surface area (Å²) in [6, 6.07) is 4.74. The molecule has 0 aliphatic carbocycles. The van der Waals surface area contributed by atoms with Crippen molar-refractivity contribution in [2.75, 3.05) is 0 Å². The topological polar surface area (TPSA) is 39.4 Å². The summed E-state index contributed by atoms with van der Waals surface area (Å²) in [6.45, 7) is 12.7. The van der Waals surface area contributed by atoms with Gasteiger partial charge in [-0.15, -0.1) is 0 Å². The summed E-state index contributed by atoms with van der Waals surface area (Å²) >= 11 is 0. The third-order valence-corrected chi connectivity index (χ3v) is 11.0. The second kappa shape index (κ2) is 7.10. The largest absolute Gasteiger partial charge is 0.543 e. The smallest absolute Gasteiger partial charge is 0.417 e. The van der Waals surface area contributed by atoms with Crippen LogP contribution in [0.2, 0.25) is 16.6 Å². The van der Waals surface area contributed by atoms with E-state index < -0.39 is 25.7 Å². The summed E-state index contributed by atoms with van der Waals surface area (Å²) in [6.07, 6.45) is -4.62. The quantitative estimate of drug-likeness (QED) is 0.443. The Morgan fingerprint density at radius 3 is 1.96 bits per heavy atom. The minimum atomic E-state index is -4.62. The first-order chi connectivity index (χ1) is 11.9. The van der Waals surface area contributed by atoms with E-state index in [1.807, 2.05) is 0 Å². The Balaban J connectivity index is 2.60. The molecule has 2 aromatic rings. The molecular weight excluding hydrogens is 361 g/mol. The van der Waals surface area contributed by atoms with Crippen LogP contribution >= 0.6 is 0 Å². The monoisotopic (exact) mass is 386 g/mol. The average molecular weight is 386 g/mol. The van der Waals surface area contributed by atoms with E-state index in [1.165, 1.54) is 18.2 Å². The Morgan fingerprint density at radius 1 is 0.962 bits per heavy atom. The first-order valence-electron chi connectivity index (χ1n) is 8.73. The van der Waals surface area contributed by atoms with Crippen molar-refractivity contribution in [1.82, 2.24) is 0 Å². The third-order valence-electron chi connectivity index (χ3n) is 5.02. The zero-order valence-electron chi connectivity index (χ0n) is 15.9. The fourth-order valence-corrected chi connectivity index (χ4v) is 9.24. The highest BCUT2D eigenvalue weighted by Gasteiger charge is 2.47. The van der Waals surface area contributed by atoms with Gasteiger partial charge in [0.2, 0.25) is 0 Å². The van der Waals surface area contributed by atoms with Crippen molar-refractivity contribution >= 4 is 19.3 Å². The van der Waals surface area contributed by atoms with E-state index in [2.05, 4.69) is 41.5 Å². The second-order valence-corrected chi connectivity index (χ2v) is 12.9. The summed E-state index contributed by atoms with van der Waals surface area (Å²) in [5.74, 6) is 0.447. The number of benzene rings is 1. The fourth-order valence-electron chi connectivity index (χ4n) is 4.00. The lowest BCUT2D eigenvalue weighted by molar-refractivity contribution is -0.136. The van der Waals surface area contributed by atoms with Crippen LogP contribution in [0, 0.1) is 0 Å². The van der Waals surface area contributed by atoms with Crippen molar-refractivity contribution in [3.05, 3.63) is 40.2 Å². The molecule has 1 heterocycles. The van der Waals surface area contributed by atoms with Gasteiger partial charge in [0, 0.05) is 17.5 Å². The van der Waals surface area contributed by atoms with Crippen molar-refractivity contribution in [3.8, 4) is 5.75 Å². The van der Waals surface area contributed by atoms with Crippen LogP contribution in [-0.2, 0) is 6.18 Å². The van der Waals surface area contributed by atoms with E-state index in [9.17, 15) is 18.0 Å². The Hall–Kier alpha value is -1.76. The standard InChI is InChI=1S/C19H25F3O3Si/c1-11(2)26(12(3)4,13(5)6)25-14-7-8-15-16(19(20,21)22)10-18(23)24-17(15)9-14/h7-13H,1-6H3. The molecule has 0 saturated carbocycles. The van der Waals surface area contributed by atoms with Crippen LogP contribution < -0.4 is 10.1 Å². The molecule has 0 bridgehead atoms. The highest BCUT2D eigenvalue weighted by molar-refractivity contribution is 6.78. The lowest BCUT2D eigenvalue weighted by atomic mass is 10.1. The molecule has 0 spiro atoms. The van der Waals surface area contributed by atoms with Crippen molar-refractivity contribution in [1.29, 1.82) is 0 Å². The summed E-state index contributed by atoms with van der Waals surface area (Å²) < 4.78 is 51.0. The molecule has 0 saturated heterocycles. The summed E-state index contributed by atoms with van der Waals surface area (Å²) in [5.41, 5.74) is -1.19. The molecule has 26 heavy (non-hydrogen) atoms. The molecule has 1 aromatic heterocycles. The predicted molar refractivity (Wildman–Crippen MR) is 99.2 cm³/mol. The molecule has 0 N–H and O–H groups in total. The fraction of sp³-hybridized carbons (Fsp3) is 0.526. The second-order valence-electron chi connectivity index (χ2n) is 7.55. The first-order valence-corrected chi connectivity index (χ1v) is 10.9. The Kier molecular flexibility index (Phi) is 5.61.